The van der Waals surface area contributed by atoms with Gasteiger partial charge in [0.05, 0.1) is 18.8 Å². The van der Waals surface area contributed by atoms with Crippen LogP contribution in [0, 0.1) is 11.8 Å². The molecular weight excluding hydrogens is 398 g/mol. The third kappa shape index (κ3) is 8.45. The van der Waals surface area contributed by atoms with Gasteiger partial charge in [0.15, 0.2) is 0 Å². The molecule has 2 atom stereocenters. The second kappa shape index (κ2) is 13.7. The fourth-order valence-electron chi connectivity index (χ4n) is 3.72. The topological polar surface area (TPSA) is 63.2 Å². The zero-order valence-corrected chi connectivity index (χ0v) is 19.1. The first-order valence-electron chi connectivity index (χ1n) is 11.8. The van der Waals surface area contributed by atoms with Crippen LogP contribution in [0.1, 0.15) is 62.3 Å². The van der Waals surface area contributed by atoms with Crippen LogP contribution in [0.5, 0.6) is 0 Å². The third-order valence-corrected chi connectivity index (χ3v) is 5.64. The number of pyridine rings is 1. The second-order valence-electron chi connectivity index (χ2n) is 8.30. The molecule has 2 N–H and O–H groups in total. The minimum absolute atomic E-state index is 0.0321. The normalized spacial score (nSPS) is 17.5. The average molecular weight is 434 g/mol. The van der Waals surface area contributed by atoms with E-state index >= 15 is 0 Å². The van der Waals surface area contributed by atoms with Gasteiger partial charge >= 0.3 is 0 Å². The lowest BCUT2D eigenvalue weighted by molar-refractivity contribution is -0.123. The summed E-state index contributed by atoms with van der Waals surface area (Å²) < 4.78 is 6.03. The highest BCUT2D eigenvalue weighted by molar-refractivity contribution is 5.82. The first-order chi connectivity index (χ1) is 15.7. The number of aromatic nitrogens is 1. The third-order valence-electron chi connectivity index (χ3n) is 5.64. The standard InChI is InChI=1S/C27H35N3O2/c1-2-3-4-5-6-7-10-22-12-14-23(15-13-22)21-32-25-19-26(30-20-25)27(31)29-18-16-24-11-8-9-17-28-24/h8-9,11-15,17,25-26,30H,2-6,16,18-21H2,1H3,(H,29,31)/t25-,26+/m1/s1. The Hall–Kier alpha value is -2.68. The van der Waals surface area contributed by atoms with Crippen LogP contribution in [-0.4, -0.2) is 36.1 Å². The maximum atomic E-state index is 12.4. The summed E-state index contributed by atoms with van der Waals surface area (Å²) >= 11 is 0. The average Bonchev–Trinajstić information content (AvgIpc) is 3.31. The number of carbonyl (C=O) groups excluding carboxylic acids is 1. The predicted octanol–water partition coefficient (Wildman–Crippen LogP) is 4.01. The monoisotopic (exact) mass is 433 g/mol. The number of nitrogens with one attached hydrogen (secondary N) is 2. The summed E-state index contributed by atoms with van der Waals surface area (Å²) in [6.07, 6.45) is 9.22. The van der Waals surface area contributed by atoms with Crippen molar-refractivity contribution < 1.29 is 9.53 Å². The molecule has 0 unspecified atom stereocenters. The van der Waals surface area contributed by atoms with E-state index in [0.717, 1.165) is 29.7 Å². The fraction of sp³-hybridized carbons (Fsp3) is 0.481. The van der Waals surface area contributed by atoms with Crippen LogP contribution in [0.4, 0.5) is 0 Å². The summed E-state index contributed by atoms with van der Waals surface area (Å²) in [6.45, 7) is 4.06. The number of benzene rings is 1. The molecule has 170 valence electrons. The molecule has 1 aliphatic rings. The second-order valence-corrected chi connectivity index (χ2v) is 8.30. The van der Waals surface area contributed by atoms with E-state index in [1.165, 1.54) is 25.7 Å². The molecule has 2 aromatic rings. The zero-order chi connectivity index (χ0) is 22.4. The Labute approximate surface area is 192 Å². The van der Waals surface area contributed by atoms with Crippen LogP contribution < -0.4 is 10.6 Å². The predicted molar refractivity (Wildman–Crippen MR) is 128 cm³/mol. The minimum Gasteiger partial charge on any atom is -0.372 e. The van der Waals surface area contributed by atoms with Crippen molar-refractivity contribution in [2.45, 2.75) is 70.6 Å². The van der Waals surface area contributed by atoms with E-state index in [4.69, 9.17) is 4.74 Å². The molecule has 0 bridgehead atoms. The lowest BCUT2D eigenvalue weighted by Gasteiger charge is -2.12. The maximum Gasteiger partial charge on any atom is 0.237 e. The number of amides is 1. The number of hydrogen-bond acceptors (Lipinski definition) is 4. The van der Waals surface area contributed by atoms with Gasteiger partial charge in [0.25, 0.3) is 0 Å². The van der Waals surface area contributed by atoms with Crippen molar-refractivity contribution in [3.8, 4) is 11.8 Å². The summed E-state index contributed by atoms with van der Waals surface area (Å²) in [5.41, 5.74) is 3.16. The Morgan fingerprint density at radius 3 is 2.84 bits per heavy atom. The van der Waals surface area contributed by atoms with Gasteiger partial charge in [-0.25, -0.2) is 0 Å². The van der Waals surface area contributed by atoms with Crippen molar-refractivity contribution in [3.05, 3.63) is 65.5 Å². The summed E-state index contributed by atoms with van der Waals surface area (Å²) in [5.74, 6) is 6.54. The molecule has 1 saturated heterocycles. The Balaban J connectivity index is 1.32. The highest BCUT2D eigenvalue weighted by Crippen LogP contribution is 2.14. The van der Waals surface area contributed by atoms with Crippen molar-refractivity contribution >= 4 is 5.91 Å². The molecule has 5 heteroatoms. The summed E-state index contributed by atoms with van der Waals surface area (Å²) in [4.78, 5) is 16.7. The van der Waals surface area contributed by atoms with E-state index in [9.17, 15) is 4.79 Å². The number of carbonyl (C=O) groups is 1. The van der Waals surface area contributed by atoms with Gasteiger partial charge in [-0.2, -0.15) is 0 Å². The van der Waals surface area contributed by atoms with Gasteiger partial charge in [0.2, 0.25) is 5.91 Å². The van der Waals surface area contributed by atoms with Crippen LogP contribution in [-0.2, 0) is 22.6 Å². The molecule has 1 fully saturated rings. The first-order valence-corrected chi connectivity index (χ1v) is 11.8. The molecule has 0 spiro atoms. The molecule has 0 saturated carbocycles. The Bertz CT molecular complexity index is 871. The van der Waals surface area contributed by atoms with Crippen molar-refractivity contribution in [3.63, 3.8) is 0 Å². The van der Waals surface area contributed by atoms with Crippen LogP contribution in [0.15, 0.2) is 48.7 Å². The Morgan fingerprint density at radius 2 is 2.06 bits per heavy atom. The van der Waals surface area contributed by atoms with Gasteiger partial charge in [0, 0.05) is 43.4 Å². The van der Waals surface area contributed by atoms with Gasteiger partial charge in [0.1, 0.15) is 0 Å². The van der Waals surface area contributed by atoms with E-state index in [0.29, 0.717) is 26.1 Å². The molecule has 1 amide bonds. The zero-order valence-electron chi connectivity index (χ0n) is 19.1. The molecule has 5 nitrogen and oxygen atoms in total. The Morgan fingerprint density at radius 1 is 1.19 bits per heavy atom. The highest BCUT2D eigenvalue weighted by Gasteiger charge is 2.29. The number of hydrogen-bond donors (Lipinski definition) is 2. The van der Waals surface area contributed by atoms with Crippen LogP contribution in [0.3, 0.4) is 0 Å². The minimum atomic E-state index is -0.196. The smallest absolute Gasteiger partial charge is 0.237 e. The number of unbranched alkanes of at least 4 members (excludes halogenated alkanes) is 4. The summed E-state index contributed by atoms with van der Waals surface area (Å²) in [6, 6.07) is 13.9. The highest BCUT2D eigenvalue weighted by atomic mass is 16.5. The molecule has 1 aromatic heterocycles. The maximum absolute atomic E-state index is 12.4. The summed E-state index contributed by atoms with van der Waals surface area (Å²) in [5, 5.41) is 6.27. The van der Waals surface area contributed by atoms with Crippen LogP contribution in [0.2, 0.25) is 0 Å². The largest absolute Gasteiger partial charge is 0.372 e. The van der Waals surface area contributed by atoms with Gasteiger partial charge in [-0.1, -0.05) is 56.2 Å². The fourth-order valence-corrected chi connectivity index (χ4v) is 3.72. The molecule has 1 aliphatic heterocycles. The molecule has 0 aliphatic carbocycles. The lowest BCUT2D eigenvalue weighted by atomic mass is 10.1. The lowest BCUT2D eigenvalue weighted by Crippen LogP contribution is -2.41. The Kier molecular flexibility index (Phi) is 10.2. The molecule has 3 rings (SSSR count). The van der Waals surface area contributed by atoms with E-state index < -0.39 is 0 Å². The molecule has 2 heterocycles. The quantitative estimate of drug-likeness (QED) is 0.415. The van der Waals surface area contributed by atoms with E-state index in [1.54, 1.807) is 6.20 Å². The van der Waals surface area contributed by atoms with E-state index in [1.807, 2.05) is 18.2 Å². The van der Waals surface area contributed by atoms with Crippen LogP contribution >= 0.6 is 0 Å². The SMILES string of the molecule is CCCCCCC#Cc1ccc(CO[C@H]2CN[C@H](C(=O)NCCc3ccccn3)C2)cc1. The van der Waals surface area contributed by atoms with Crippen molar-refractivity contribution in [1.29, 1.82) is 0 Å². The van der Waals surface area contributed by atoms with Crippen molar-refractivity contribution in [2.75, 3.05) is 13.1 Å². The van der Waals surface area contributed by atoms with E-state index in [2.05, 4.69) is 58.6 Å². The number of ether oxygens (including phenoxy) is 1. The van der Waals surface area contributed by atoms with Gasteiger partial charge in [-0.15, -0.1) is 0 Å². The van der Waals surface area contributed by atoms with Crippen molar-refractivity contribution in [2.24, 2.45) is 0 Å². The van der Waals surface area contributed by atoms with Gasteiger partial charge < -0.3 is 15.4 Å². The van der Waals surface area contributed by atoms with Crippen molar-refractivity contribution in [1.82, 2.24) is 15.6 Å². The summed E-state index contributed by atoms with van der Waals surface area (Å²) in [7, 11) is 0. The number of nitrogens with zero attached hydrogens (tertiary/aromatic N) is 1. The molecule has 1 aromatic carbocycles. The van der Waals surface area contributed by atoms with Gasteiger partial charge in [-0.05, 0) is 42.7 Å². The van der Waals surface area contributed by atoms with Gasteiger partial charge in [-0.3, -0.25) is 9.78 Å². The van der Waals surface area contributed by atoms with Crippen LogP contribution in [0.25, 0.3) is 0 Å². The molecule has 0 radical (unpaired) electrons. The molecule has 32 heavy (non-hydrogen) atoms. The molecular formula is C27H35N3O2. The number of rotatable bonds is 11. The first kappa shape index (κ1) is 24.0. The van der Waals surface area contributed by atoms with E-state index in [-0.39, 0.29) is 18.1 Å².